The molecule has 0 radical (unpaired) electrons. The molecule has 1 aromatic carbocycles. The van der Waals surface area contributed by atoms with Crippen LogP contribution < -0.4 is 10.2 Å². The Morgan fingerprint density at radius 3 is 2.35 bits per heavy atom. The predicted octanol–water partition coefficient (Wildman–Crippen LogP) is 3.74. The van der Waals surface area contributed by atoms with Gasteiger partial charge in [-0.2, -0.15) is 0 Å². The molecule has 0 aromatic heterocycles. The largest absolute Gasteiger partial charge is 0.385 e. The van der Waals surface area contributed by atoms with Crippen LogP contribution in [0.25, 0.3) is 0 Å². The lowest BCUT2D eigenvalue weighted by atomic mass is 10.2. The van der Waals surface area contributed by atoms with Gasteiger partial charge in [0.1, 0.15) is 5.82 Å². The van der Waals surface area contributed by atoms with Crippen molar-refractivity contribution in [1.82, 2.24) is 0 Å². The second-order valence-corrected chi connectivity index (χ2v) is 5.15. The highest BCUT2D eigenvalue weighted by atomic mass is 19.1. The third kappa shape index (κ3) is 3.91. The van der Waals surface area contributed by atoms with E-state index in [9.17, 15) is 4.39 Å². The molecule has 0 aliphatic heterocycles. The van der Waals surface area contributed by atoms with Crippen LogP contribution in [-0.2, 0) is 0 Å². The van der Waals surface area contributed by atoms with Crippen molar-refractivity contribution in [1.29, 1.82) is 0 Å². The second kappa shape index (κ2) is 5.89. The van der Waals surface area contributed by atoms with E-state index in [-0.39, 0.29) is 5.82 Å². The van der Waals surface area contributed by atoms with Crippen LogP contribution in [0.5, 0.6) is 0 Å². The van der Waals surface area contributed by atoms with Gasteiger partial charge >= 0.3 is 0 Å². The monoisotopic (exact) mass is 238 g/mol. The Bertz CT molecular complexity index is 361. The molecule has 0 unspecified atom stereocenters. The van der Waals surface area contributed by atoms with Gasteiger partial charge in [0.25, 0.3) is 0 Å². The van der Waals surface area contributed by atoms with E-state index in [0.29, 0.717) is 17.6 Å². The van der Waals surface area contributed by atoms with E-state index in [1.165, 1.54) is 0 Å². The quantitative estimate of drug-likeness (QED) is 0.840. The molecule has 0 amide bonds. The van der Waals surface area contributed by atoms with Gasteiger partial charge < -0.3 is 10.2 Å². The smallest absolute Gasteiger partial charge is 0.148 e. The van der Waals surface area contributed by atoms with Crippen molar-refractivity contribution in [3.63, 3.8) is 0 Å². The fourth-order valence-electron chi connectivity index (χ4n) is 1.50. The summed E-state index contributed by atoms with van der Waals surface area (Å²) in [6.07, 6.45) is 0. The van der Waals surface area contributed by atoms with E-state index in [0.717, 1.165) is 12.2 Å². The zero-order valence-electron chi connectivity index (χ0n) is 11.4. The van der Waals surface area contributed by atoms with Crippen molar-refractivity contribution < 1.29 is 4.39 Å². The van der Waals surface area contributed by atoms with Gasteiger partial charge in [0.05, 0.1) is 5.69 Å². The molecular formula is C14H23FN2. The minimum absolute atomic E-state index is 0.171. The van der Waals surface area contributed by atoms with Crippen LogP contribution in [0.3, 0.4) is 0 Å². The maximum Gasteiger partial charge on any atom is 0.148 e. The van der Waals surface area contributed by atoms with Crippen molar-refractivity contribution in [2.45, 2.75) is 33.7 Å². The van der Waals surface area contributed by atoms with E-state index < -0.39 is 0 Å². The molecule has 0 aliphatic carbocycles. The number of benzene rings is 1. The number of halogens is 1. The zero-order chi connectivity index (χ0) is 13.0. The summed E-state index contributed by atoms with van der Waals surface area (Å²) in [6, 6.07) is 5.62. The molecule has 0 aliphatic rings. The molecule has 96 valence electrons. The third-order valence-corrected chi connectivity index (χ3v) is 2.82. The summed E-state index contributed by atoms with van der Waals surface area (Å²) < 4.78 is 13.9. The first-order chi connectivity index (χ1) is 7.91. The first kappa shape index (κ1) is 13.8. The lowest BCUT2D eigenvalue weighted by Crippen LogP contribution is -2.26. The van der Waals surface area contributed by atoms with Gasteiger partial charge in [0.15, 0.2) is 0 Å². The van der Waals surface area contributed by atoms with E-state index in [1.807, 2.05) is 37.9 Å². The standard InChI is InChI=1S/C14H23FN2/c1-10(2)9-16-12-6-7-14(13(15)8-12)17(5)11(3)4/h6-8,10-11,16H,9H2,1-5H3. The summed E-state index contributed by atoms with van der Waals surface area (Å²) in [5.74, 6) is 0.381. The van der Waals surface area contributed by atoms with Gasteiger partial charge in [0, 0.05) is 25.3 Å². The Labute approximate surface area is 104 Å². The molecule has 0 saturated heterocycles. The number of nitrogens with one attached hydrogen (secondary N) is 1. The lowest BCUT2D eigenvalue weighted by molar-refractivity contribution is 0.613. The Morgan fingerprint density at radius 1 is 1.24 bits per heavy atom. The molecule has 2 nitrogen and oxygen atoms in total. The molecule has 1 rings (SSSR count). The molecule has 17 heavy (non-hydrogen) atoms. The maximum absolute atomic E-state index is 13.9. The van der Waals surface area contributed by atoms with Gasteiger partial charge in [-0.3, -0.25) is 0 Å². The summed E-state index contributed by atoms with van der Waals surface area (Å²) in [5.41, 5.74) is 1.49. The summed E-state index contributed by atoms with van der Waals surface area (Å²) in [6.45, 7) is 9.21. The number of nitrogens with zero attached hydrogens (tertiary/aromatic N) is 1. The predicted molar refractivity (Wildman–Crippen MR) is 73.3 cm³/mol. The van der Waals surface area contributed by atoms with E-state index in [2.05, 4.69) is 19.2 Å². The van der Waals surface area contributed by atoms with Crippen molar-refractivity contribution in [2.24, 2.45) is 5.92 Å². The van der Waals surface area contributed by atoms with Crippen LogP contribution in [-0.4, -0.2) is 19.6 Å². The molecule has 0 spiro atoms. The van der Waals surface area contributed by atoms with Crippen LogP contribution in [0.1, 0.15) is 27.7 Å². The Balaban J connectivity index is 2.79. The topological polar surface area (TPSA) is 15.3 Å². The number of hydrogen-bond acceptors (Lipinski definition) is 2. The average molecular weight is 238 g/mol. The molecular weight excluding hydrogens is 215 g/mol. The highest BCUT2D eigenvalue weighted by Gasteiger charge is 2.10. The normalized spacial score (nSPS) is 11.1. The van der Waals surface area contributed by atoms with Crippen LogP contribution in [0, 0.1) is 11.7 Å². The number of hydrogen-bond donors (Lipinski definition) is 1. The third-order valence-electron chi connectivity index (χ3n) is 2.82. The molecule has 0 atom stereocenters. The lowest BCUT2D eigenvalue weighted by Gasteiger charge is -2.24. The minimum Gasteiger partial charge on any atom is -0.385 e. The number of rotatable bonds is 5. The van der Waals surface area contributed by atoms with Gasteiger partial charge in [-0.1, -0.05) is 13.8 Å². The van der Waals surface area contributed by atoms with E-state index in [4.69, 9.17) is 0 Å². The molecule has 0 fully saturated rings. The van der Waals surface area contributed by atoms with E-state index >= 15 is 0 Å². The molecule has 0 bridgehead atoms. The molecule has 3 heteroatoms. The van der Waals surface area contributed by atoms with Crippen LogP contribution in [0.15, 0.2) is 18.2 Å². The fourth-order valence-corrected chi connectivity index (χ4v) is 1.50. The average Bonchev–Trinajstić information content (AvgIpc) is 2.25. The van der Waals surface area contributed by atoms with Gasteiger partial charge in [-0.15, -0.1) is 0 Å². The molecule has 0 heterocycles. The SMILES string of the molecule is CC(C)CNc1ccc(N(C)C(C)C)c(F)c1. The van der Waals surface area contributed by atoms with Gasteiger partial charge in [-0.25, -0.2) is 4.39 Å². The first-order valence-corrected chi connectivity index (χ1v) is 6.18. The van der Waals surface area contributed by atoms with Crippen LogP contribution in [0.2, 0.25) is 0 Å². The van der Waals surface area contributed by atoms with E-state index in [1.54, 1.807) is 6.07 Å². The Morgan fingerprint density at radius 2 is 1.88 bits per heavy atom. The van der Waals surface area contributed by atoms with Crippen LogP contribution in [0.4, 0.5) is 15.8 Å². The zero-order valence-corrected chi connectivity index (χ0v) is 11.4. The Hall–Kier alpha value is -1.25. The molecule has 0 saturated carbocycles. The van der Waals surface area contributed by atoms with Crippen molar-refractivity contribution in [3.05, 3.63) is 24.0 Å². The summed E-state index contributed by atoms with van der Waals surface area (Å²) in [7, 11) is 1.91. The first-order valence-electron chi connectivity index (χ1n) is 6.18. The highest BCUT2D eigenvalue weighted by molar-refractivity contribution is 5.56. The van der Waals surface area contributed by atoms with Gasteiger partial charge in [0.2, 0.25) is 0 Å². The van der Waals surface area contributed by atoms with Crippen molar-refractivity contribution >= 4 is 11.4 Å². The fraction of sp³-hybridized carbons (Fsp3) is 0.571. The minimum atomic E-state index is -0.171. The summed E-state index contributed by atoms with van der Waals surface area (Å²) >= 11 is 0. The molecule has 1 N–H and O–H groups in total. The maximum atomic E-state index is 13.9. The highest BCUT2D eigenvalue weighted by Crippen LogP contribution is 2.23. The summed E-state index contributed by atoms with van der Waals surface area (Å²) in [4.78, 5) is 1.93. The van der Waals surface area contributed by atoms with Crippen LogP contribution >= 0.6 is 0 Å². The van der Waals surface area contributed by atoms with Crippen molar-refractivity contribution in [2.75, 3.05) is 23.8 Å². The molecule has 1 aromatic rings. The number of anilines is 2. The Kier molecular flexibility index (Phi) is 4.79. The van der Waals surface area contributed by atoms with Crippen molar-refractivity contribution in [3.8, 4) is 0 Å². The summed E-state index contributed by atoms with van der Waals surface area (Å²) in [5, 5.41) is 3.22. The van der Waals surface area contributed by atoms with Gasteiger partial charge in [-0.05, 0) is 38.0 Å². The second-order valence-electron chi connectivity index (χ2n) is 5.15.